The lowest BCUT2D eigenvalue weighted by Crippen LogP contribution is -2.46. The normalized spacial score (nSPS) is 22.7. The first kappa shape index (κ1) is 20.5. The van der Waals surface area contributed by atoms with Gasteiger partial charge in [0.05, 0.1) is 11.8 Å². The minimum Gasteiger partial charge on any atom is -0.393 e. The van der Waals surface area contributed by atoms with Crippen LogP contribution in [-0.2, 0) is 0 Å². The summed E-state index contributed by atoms with van der Waals surface area (Å²) in [5.74, 6) is 1.70. The number of nitrogens with zero attached hydrogens (tertiary/aromatic N) is 3. The minimum atomic E-state index is -0.102. The Kier molecular flexibility index (Phi) is 5.93. The number of aliphatic hydroxyl groups excluding tert-OH is 1. The number of likely N-dealkylation sites (N-methyl/N-ethyl adjacent to an activating group) is 1. The summed E-state index contributed by atoms with van der Waals surface area (Å²) in [5, 5.41) is 12.3. The molecule has 0 unspecified atom stereocenters. The molecule has 0 atom stereocenters. The number of fused-ring (bicyclic) bond motifs is 1. The maximum absolute atomic E-state index is 9.80. The first-order chi connectivity index (χ1) is 15.2. The molecule has 1 N–H and O–H groups in total. The summed E-state index contributed by atoms with van der Waals surface area (Å²) in [6, 6.07) is 19.9. The van der Waals surface area contributed by atoms with Gasteiger partial charge in [-0.05, 0) is 55.2 Å². The molecule has 1 saturated carbocycles. The number of aromatic nitrogens is 1. The Morgan fingerprint density at radius 3 is 2.32 bits per heavy atom. The van der Waals surface area contributed by atoms with Crippen molar-refractivity contribution in [2.45, 2.75) is 44.6 Å². The second-order valence-electron chi connectivity index (χ2n) is 9.10. The number of anilines is 1. The van der Waals surface area contributed by atoms with Crippen molar-refractivity contribution in [3.05, 3.63) is 60.2 Å². The zero-order valence-corrected chi connectivity index (χ0v) is 18.5. The van der Waals surface area contributed by atoms with Gasteiger partial charge in [-0.3, -0.25) is 0 Å². The van der Waals surface area contributed by atoms with Gasteiger partial charge in [0.15, 0.2) is 0 Å². The molecule has 0 bridgehead atoms. The van der Waals surface area contributed by atoms with Crippen LogP contribution in [0.4, 0.5) is 5.82 Å². The summed E-state index contributed by atoms with van der Waals surface area (Å²) < 4.78 is 0. The quantitative estimate of drug-likeness (QED) is 0.646. The third-order valence-corrected chi connectivity index (χ3v) is 7.21. The van der Waals surface area contributed by atoms with Crippen LogP contribution in [0, 0.1) is 0 Å². The van der Waals surface area contributed by atoms with Crippen molar-refractivity contribution in [2.24, 2.45) is 0 Å². The van der Waals surface area contributed by atoms with E-state index in [4.69, 9.17) is 4.98 Å². The van der Waals surface area contributed by atoms with Gasteiger partial charge in [-0.15, -0.1) is 0 Å². The van der Waals surface area contributed by atoms with Crippen molar-refractivity contribution >= 4 is 16.6 Å². The molecule has 1 aliphatic heterocycles. The van der Waals surface area contributed by atoms with Gasteiger partial charge in [-0.2, -0.15) is 0 Å². The predicted octanol–water partition coefficient (Wildman–Crippen LogP) is 5.06. The topological polar surface area (TPSA) is 39.6 Å². The van der Waals surface area contributed by atoms with Crippen LogP contribution in [0.15, 0.2) is 54.6 Å². The van der Waals surface area contributed by atoms with E-state index in [1.807, 2.05) is 0 Å². The lowest BCUT2D eigenvalue weighted by Gasteiger charge is -2.35. The van der Waals surface area contributed by atoms with Crippen LogP contribution in [-0.4, -0.2) is 53.8 Å². The highest BCUT2D eigenvalue weighted by molar-refractivity contribution is 5.95. The maximum Gasteiger partial charge on any atom is 0.137 e. The molecule has 2 fully saturated rings. The molecule has 31 heavy (non-hydrogen) atoms. The third kappa shape index (κ3) is 4.32. The molecule has 2 aliphatic rings. The van der Waals surface area contributed by atoms with Gasteiger partial charge in [0.1, 0.15) is 5.82 Å². The average Bonchev–Trinajstić information content (AvgIpc) is 2.84. The fourth-order valence-electron chi connectivity index (χ4n) is 5.18. The van der Waals surface area contributed by atoms with E-state index in [1.54, 1.807) is 0 Å². The smallest absolute Gasteiger partial charge is 0.137 e. The second-order valence-corrected chi connectivity index (χ2v) is 9.10. The molecule has 0 amide bonds. The highest BCUT2D eigenvalue weighted by atomic mass is 16.3. The van der Waals surface area contributed by atoms with E-state index in [1.165, 1.54) is 21.9 Å². The summed E-state index contributed by atoms with van der Waals surface area (Å²) in [4.78, 5) is 10.1. The number of piperazine rings is 1. The Morgan fingerprint density at radius 1 is 0.903 bits per heavy atom. The van der Waals surface area contributed by atoms with E-state index in [0.717, 1.165) is 69.9 Å². The Balaban J connectivity index is 1.45. The average molecular weight is 416 g/mol. The molecule has 3 aromatic rings. The number of pyridine rings is 1. The molecule has 5 rings (SSSR count). The van der Waals surface area contributed by atoms with E-state index >= 15 is 0 Å². The molecule has 1 aromatic heterocycles. The van der Waals surface area contributed by atoms with Crippen LogP contribution in [0.5, 0.6) is 0 Å². The molecule has 162 valence electrons. The number of rotatable bonds is 4. The monoisotopic (exact) mass is 415 g/mol. The van der Waals surface area contributed by atoms with Crippen molar-refractivity contribution in [3.8, 4) is 11.3 Å². The lowest BCUT2D eigenvalue weighted by atomic mass is 9.82. The van der Waals surface area contributed by atoms with E-state index in [0.29, 0.717) is 5.92 Å². The number of hydrogen-bond acceptors (Lipinski definition) is 4. The third-order valence-electron chi connectivity index (χ3n) is 7.21. The zero-order valence-electron chi connectivity index (χ0n) is 18.5. The van der Waals surface area contributed by atoms with Crippen LogP contribution in [0.2, 0.25) is 0 Å². The molecule has 0 radical (unpaired) electrons. The van der Waals surface area contributed by atoms with Gasteiger partial charge in [0.25, 0.3) is 0 Å². The summed E-state index contributed by atoms with van der Waals surface area (Å²) in [6.07, 6.45) is 3.92. The second kappa shape index (κ2) is 8.97. The molecular formula is C27H33N3O. The number of benzene rings is 2. The van der Waals surface area contributed by atoms with Crippen molar-refractivity contribution in [3.63, 3.8) is 0 Å². The van der Waals surface area contributed by atoms with E-state index in [9.17, 15) is 5.11 Å². The van der Waals surface area contributed by atoms with E-state index < -0.39 is 0 Å². The van der Waals surface area contributed by atoms with Gasteiger partial charge in [-0.25, -0.2) is 4.98 Å². The van der Waals surface area contributed by atoms with Crippen molar-refractivity contribution in [1.29, 1.82) is 0 Å². The number of hydrogen-bond donors (Lipinski definition) is 1. The summed E-state index contributed by atoms with van der Waals surface area (Å²) >= 11 is 0. The first-order valence-corrected chi connectivity index (χ1v) is 11.9. The van der Waals surface area contributed by atoms with Crippen LogP contribution < -0.4 is 4.90 Å². The summed E-state index contributed by atoms with van der Waals surface area (Å²) in [5.41, 5.74) is 3.63. The van der Waals surface area contributed by atoms with Gasteiger partial charge in [0, 0.05) is 37.1 Å². The molecule has 4 heteroatoms. The lowest BCUT2D eigenvalue weighted by molar-refractivity contribution is 0.122. The first-order valence-electron chi connectivity index (χ1n) is 11.9. The Labute approximate surface area is 185 Å². The minimum absolute atomic E-state index is 0.102. The van der Waals surface area contributed by atoms with Crippen molar-refractivity contribution in [2.75, 3.05) is 37.6 Å². The Hall–Kier alpha value is -2.43. The zero-order chi connectivity index (χ0) is 21.2. The van der Waals surface area contributed by atoms with Gasteiger partial charge < -0.3 is 14.9 Å². The molecule has 2 heterocycles. The van der Waals surface area contributed by atoms with E-state index in [2.05, 4.69) is 71.3 Å². The predicted molar refractivity (Wildman–Crippen MR) is 129 cm³/mol. The Bertz CT molecular complexity index is 1020. The fraction of sp³-hybridized carbons (Fsp3) is 0.444. The Morgan fingerprint density at radius 2 is 1.61 bits per heavy atom. The van der Waals surface area contributed by atoms with Crippen molar-refractivity contribution in [1.82, 2.24) is 9.88 Å². The summed E-state index contributed by atoms with van der Waals surface area (Å²) in [6.45, 7) is 7.61. The van der Waals surface area contributed by atoms with Crippen LogP contribution in [0.3, 0.4) is 0 Å². The van der Waals surface area contributed by atoms with E-state index in [-0.39, 0.29) is 6.10 Å². The molecular weight excluding hydrogens is 382 g/mol. The molecule has 1 saturated heterocycles. The van der Waals surface area contributed by atoms with Crippen LogP contribution in [0.25, 0.3) is 22.0 Å². The van der Waals surface area contributed by atoms with Crippen LogP contribution >= 0.6 is 0 Å². The maximum atomic E-state index is 9.80. The summed E-state index contributed by atoms with van der Waals surface area (Å²) in [7, 11) is 0. The highest BCUT2D eigenvalue weighted by Gasteiger charge is 2.22. The fourth-order valence-corrected chi connectivity index (χ4v) is 5.18. The van der Waals surface area contributed by atoms with Gasteiger partial charge in [-0.1, -0.05) is 55.5 Å². The molecule has 1 aliphatic carbocycles. The highest BCUT2D eigenvalue weighted by Crippen LogP contribution is 2.35. The molecule has 2 aromatic carbocycles. The van der Waals surface area contributed by atoms with Gasteiger partial charge >= 0.3 is 0 Å². The molecule has 4 nitrogen and oxygen atoms in total. The molecule has 0 spiro atoms. The standard InChI is InChI=1S/C27H33N3O/c1-2-29-15-17-30(18-16-29)27-25-6-4-3-5-23(25)19-26(28-27)22-9-7-20(8-10-22)21-11-13-24(31)14-12-21/h3-10,19,21,24,31H,2,11-18H2,1H3/t21-,24+. The van der Waals surface area contributed by atoms with Gasteiger partial charge in [0.2, 0.25) is 0 Å². The SMILES string of the molecule is CCN1CCN(c2nc(-c3ccc([C@H]4CC[C@@H](O)CC4)cc3)cc3ccccc23)CC1. The van der Waals surface area contributed by atoms with Crippen LogP contribution in [0.1, 0.15) is 44.1 Å². The largest absolute Gasteiger partial charge is 0.393 e. The van der Waals surface area contributed by atoms with Crippen molar-refractivity contribution < 1.29 is 5.11 Å². The number of aliphatic hydroxyl groups is 1.